The van der Waals surface area contributed by atoms with E-state index in [0.717, 1.165) is 58.2 Å². The largest absolute Gasteiger partial charge is 0.351 e. The van der Waals surface area contributed by atoms with Gasteiger partial charge in [0.25, 0.3) is 0 Å². The van der Waals surface area contributed by atoms with Gasteiger partial charge in [0.15, 0.2) is 0 Å². The van der Waals surface area contributed by atoms with Crippen molar-refractivity contribution < 1.29 is 9.59 Å². The van der Waals surface area contributed by atoms with Gasteiger partial charge in [-0.15, -0.1) is 0 Å². The van der Waals surface area contributed by atoms with Gasteiger partial charge in [0.1, 0.15) is 6.04 Å². The Bertz CT molecular complexity index is 675. The summed E-state index contributed by atoms with van der Waals surface area (Å²) in [4.78, 5) is 28.1. The summed E-state index contributed by atoms with van der Waals surface area (Å²) in [5, 5.41) is 6.29. The molecule has 0 radical (unpaired) electrons. The number of hydrogen-bond acceptors (Lipinski definition) is 3. The molecule has 5 nitrogen and oxygen atoms in total. The topological polar surface area (TPSA) is 61.4 Å². The number of carbonyl (C=O) groups is 2. The SMILES string of the molecule is CC1CCC(C(=O)NC(C(=O)NC2CCN(Cc3ccccc3)CC2)C(C)C)CC1. The lowest BCUT2D eigenvalue weighted by Gasteiger charge is -2.34. The Balaban J connectivity index is 1.45. The van der Waals surface area contributed by atoms with Gasteiger partial charge in [-0.05, 0) is 55.9 Å². The molecule has 1 aromatic carbocycles. The Kier molecular flexibility index (Phi) is 8.32. The van der Waals surface area contributed by atoms with E-state index in [1.807, 2.05) is 19.9 Å². The van der Waals surface area contributed by atoms with Crippen LogP contribution in [0, 0.1) is 17.8 Å². The molecule has 3 rings (SSSR count). The predicted molar refractivity (Wildman–Crippen MR) is 121 cm³/mol. The fourth-order valence-corrected chi connectivity index (χ4v) is 4.70. The van der Waals surface area contributed by atoms with Gasteiger partial charge < -0.3 is 10.6 Å². The molecule has 1 aromatic rings. The van der Waals surface area contributed by atoms with Crippen LogP contribution in [0.25, 0.3) is 0 Å². The van der Waals surface area contributed by atoms with Crippen molar-refractivity contribution in [2.24, 2.45) is 17.8 Å². The summed E-state index contributed by atoms with van der Waals surface area (Å²) < 4.78 is 0. The van der Waals surface area contributed by atoms with Crippen LogP contribution in [0.3, 0.4) is 0 Å². The average molecular weight is 414 g/mol. The Morgan fingerprint density at radius 3 is 2.23 bits per heavy atom. The highest BCUT2D eigenvalue weighted by Crippen LogP contribution is 2.28. The molecular formula is C25H39N3O2. The third-order valence-electron chi connectivity index (χ3n) is 6.82. The van der Waals surface area contributed by atoms with Gasteiger partial charge in [-0.1, -0.05) is 51.1 Å². The van der Waals surface area contributed by atoms with Crippen molar-refractivity contribution in [1.29, 1.82) is 0 Å². The first kappa shape index (κ1) is 22.8. The number of carbonyl (C=O) groups excluding carboxylic acids is 2. The van der Waals surface area contributed by atoms with Crippen LogP contribution in [0.15, 0.2) is 30.3 Å². The van der Waals surface area contributed by atoms with Crippen molar-refractivity contribution in [1.82, 2.24) is 15.5 Å². The van der Waals surface area contributed by atoms with Gasteiger partial charge in [0.05, 0.1) is 0 Å². The Morgan fingerprint density at radius 2 is 1.63 bits per heavy atom. The normalized spacial score (nSPS) is 24.4. The van der Waals surface area contributed by atoms with Crippen LogP contribution < -0.4 is 10.6 Å². The zero-order valence-electron chi connectivity index (χ0n) is 18.9. The van der Waals surface area contributed by atoms with Crippen LogP contribution in [0.2, 0.25) is 0 Å². The summed E-state index contributed by atoms with van der Waals surface area (Å²) in [6.07, 6.45) is 6.02. The van der Waals surface area contributed by atoms with Crippen LogP contribution in [-0.2, 0) is 16.1 Å². The minimum Gasteiger partial charge on any atom is -0.351 e. The zero-order chi connectivity index (χ0) is 21.5. The Labute approximate surface area is 182 Å². The lowest BCUT2D eigenvalue weighted by Crippen LogP contribution is -2.54. The monoisotopic (exact) mass is 413 g/mol. The van der Waals surface area contributed by atoms with Crippen molar-refractivity contribution in [3.05, 3.63) is 35.9 Å². The number of rotatable bonds is 7. The molecule has 2 N–H and O–H groups in total. The highest BCUT2D eigenvalue weighted by molar-refractivity contribution is 5.88. The van der Waals surface area contributed by atoms with Crippen LogP contribution in [-0.4, -0.2) is 41.9 Å². The van der Waals surface area contributed by atoms with Crippen molar-refractivity contribution in [3.8, 4) is 0 Å². The van der Waals surface area contributed by atoms with E-state index in [-0.39, 0.29) is 29.7 Å². The molecule has 2 fully saturated rings. The number of benzene rings is 1. The standard InChI is InChI=1S/C25H39N3O2/c1-18(2)23(27-24(29)21-11-9-19(3)10-12-21)25(30)26-22-13-15-28(16-14-22)17-20-7-5-4-6-8-20/h4-8,18-19,21-23H,9-17H2,1-3H3,(H,26,30)(H,27,29). The maximum absolute atomic E-state index is 13.0. The predicted octanol–water partition coefficient (Wildman–Crippen LogP) is 3.73. The molecule has 1 atom stereocenters. The van der Waals surface area contributed by atoms with Crippen LogP contribution in [0.5, 0.6) is 0 Å². The molecule has 2 amide bonds. The minimum atomic E-state index is -0.445. The van der Waals surface area contributed by atoms with Crippen molar-refractivity contribution in [2.75, 3.05) is 13.1 Å². The Hall–Kier alpha value is -1.88. The quantitative estimate of drug-likeness (QED) is 0.716. The number of piperidine rings is 1. The molecule has 1 saturated heterocycles. The van der Waals surface area contributed by atoms with E-state index in [1.54, 1.807) is 0 Å². The van der Waals surface area contributed by atoms with Crippen molar-refractivity contribution in [2.45, 2.75) is 77.9 Å². The van der Waals surface area contributed by atoms with E-state index in [2.05, 4.69) is 46.7 Å². The lowest BCUT2D eigenvalue weighted by molar-refractivity contribution is -0.133. The number of nitrogens with zero attached hydrogens (tertiary/aromatic N) is 1. The van der Waals surface area contributed by atoms with Gasteiger partial charge in [-0.25, -0.2) is 0 Å². The number of amides is 2. The van der Waals surface area contributed by atoms with E-state index in [9.17, 15) is 9.59 Å². The zero-order valence-corrected chi connectivity index (χ0v) is 18.9. The van der Waals surface area contributed by atoms with Gasteiger partial charge in [0, 0.05) is 31.6 Å². The van der Waals surface area contributed by atoms with E-state index < -0.39 is 6.04 Å². The van der Waals surface area contributed by atoms with Gasteiger partial charge in [-0.3, -0.25) is 14.5 Å². The third kappa shape index (κ3) is 6.56. The highest BCUT2D eigenvalue weighted by Gasteiger charge is 2.31. The molecule has 0 spiro atoms. The molecule has 1 heterocycles. The van der Waals surface area contributed by atoms with Gasteiger partial charge in [0.2, 0.25) is 11.8 Å². The van der Waals surface area contributed by atoms with Crippen LogP contribution in [0.4, 0.5) is 0 Å². The summed E-state index contributed by atoms with van der Waals surface area (Å²) in [6.45, 7) is 9.21. The van der Waals surface area contributed by atoms with Crippen molar-refractivity contribution >= 4 is 11.8 Å². The average Bonchev–Trinajstić information content (AvgIpc) is 2.74. The van der Waals surface area contributed by atoms with Crippen LogP contribution >= 0.6 is 0 Å². The molecule has 1 saturated carbocycles. The molecule has 1 aliphatic heterocycles. The van der Waals surface area contributed by atoms with Crippen molar-refractivity contribution in [3.63, 3.8) is 0 Å². The second-order valence-electron chi connectivity index (χ2n) is 9.73. The second-order valence-corrected chi connectivity index (χ2v) is 9.73. The molecule has 30 heavy (non-hydrogen) atoms. The van der Waals surface area contributed by atoms with E-state index in [1.165, 1.54) is 5.56 Å². The highest BCUT2D eigenvalue weighted by atomic mass is 16.2. The number of hydrogen-bond donors (Lipinski definition) is 2. The fourth-order valence-electron chi connectivity index (χ4n) is 4.70. The van der Waals surface area contributed by atoms with Crippen LogP contribution in [0.1, 0.15) is 64.9 Å². The van der Waals surface area contributed by atoms with Gasteiger partial charge in [-0.2, -0.15) is 0 Å². The first-order valence-electron chi connectivity index (χ1n) is 11.8. The molecule has 2 aliphatic rings. The van der Waals surface area contributed by atoms with E-state index >= 15 is 0 Å². The summed E-state index contributed by atoms with van der Waals surface area (Å²) in [6, 6.07) is 10.3. The first-order chi connectivity index (χ1) is 14.4. The maximum atomic E-state index is 13.0. The van der Waals surface area contributed by atoms with E-state index in [4.69, 9.17) is 0 Å². The second kappa shape index (κ2) is 10.9. The summed E-state index contributed by atoms with van der Waals surface area (Å²) >= 11 is 0. The third-order valence-corrected chi connectivity index (χ3v) is 6.82. The summed E-state index contributed by atoms with van der Waals surface area (Å²) in [5.41, 5.74) is 1.33. The molecular weight excluding hydrogens is 374 g/mol. The maximum Gasteiger partial charge on any atom is 0.243 e. The first-order valence-corrected chi connectivity index (χ1v) is 11.8. The smallest absolute Gasteiger partial charge is 0.243 e. The molecule has 5 heteroatoms. The lowest BCUT2D eigenvalue weighted by atomic mass is 9.82. The molecule has 0 bridgehead atoms. The number of nitrogens with one attached hydrogen (secondary N) is 2. The molecule has 1 aliphatic carbocycles. The Morgan fingerprint density at radius 1 is 1.00 bits per heavy atom. The molecule has 0 aromatic heterocycles. The number of likely N-dealkylation sites (tertiary alicyclic amines) is 1. The molecule has 166 valence electrons. The fraction of sp³-hybridized carbons (Fsp3) is 0.680. The summed E-state index contributed by atoms with van der Waals surface area (Å²) in [5.74, 6) is 0.898. The molecule has 1 unspecified atom stereocenters. The van der Waals surface area contributed by atoms with E-state index in [0.29, 0.717) is 5.92 Å². The van der Waals surface area contributed by atoms with Gasteiger partial charge >= 0.3 is 0 Å². The minimum absolute atomic E-state index is 0.0240. The summed E-state index contributed by atoms with van der Waals surface area (Å²) in [7, 11) is 0.